The van der Waals surface area contributed by atoms with Gasteiger partial charge in [0.15, 0.2) is 0 Å². The molecule has 0 fully saturated rings. The highest BCUT2D eigenvalue weighted by Gasteiger charge is 2.01. The van der Waals surface area contributed by atoms with Crippen molar-refractivity contribution < 1.29 is 9.47 Å². The van der Waals surface area contributed by atoms with Gasteiger partial charge in [0, 0.05) is 19.3 Å². The number of nitrogens with zero attached hydrogens (tertiary/aromatic N) is 1. The summed E-state index contributed by atoms with van der Waals surface area (Å²) >= 11 is 0. The first kappa shape index (κ1) is 12.7. The minimum Gasteiger partial charge on any atom is -0.399 e. The van der Waals surface area contributed by atoms with Crippen LogP contribution in [0.4, 0.5) is 11.6 Å². The minimum atomic E-state index is 0.606. The van der Waals surface area contributed by atoms with Gasteiger partial charge in [-0.2, -0.15) is 0 Å². The number of H-pyrrole nitrogens is 1. The summed E-state index contributed by atoms with van der Waals surface area (Å²) in [6.07, 6.45) is 0. The summed E-state index contributed by atoms with van der Waals surface area (Å²) in [5.41, 5.74) is 8.25. The molecule has 0 bridgehead atoms. The van der Waals surface area contributed by atoms with Crippen LogP contribution in [0.2, 0.25) is 0 Å². The molecule has 6 heteroatoms. The van der Waals surface area contributed by atoms with Crippen LogP contribution < -0.4 is 11.1 Å². The van der Waals surface area contributed by atoms with Crippen LogP contribution in [0.15, 0.2) is 18.2 Å². The maximum absolute atomic E-state index is 5.70. The number of hydrogen-bond acceptors (Lipinski definition) is 5. The number of nitrogens with one attached hydrogen (secondary N) is 2. The lowest BCUT2D eigenvalue weighted by molar-refractivity contribution is 0.0759. The molecule has 0 saturated heterocycles. The quantitative estimate of drug-likeness (QED) is 0.508. The Morgan fingerprint density at radius 3 is 3.06 bits per heavy atom. The van der Waals surface area contributed by atoms with E-state index < -0.39 is 0 Å². The third-order valence-electron chi connectivity index (χ3n) is 2.48. The molecular formula is C12H18N4O2. The van der Waals surface area contributed by atoms with Crippen molar-refractivity contribution in [1.29, 1.82) is 0 Å². The Morgan fingerprint density at radius 1 is 1.33 bits per heavy atom. The van der Waals surface area contributed by atoms with Crippen LogP contribution >= 0.6 is 0 Å². The topological polar surface area (TPSA) is 85.2 Å². The number of imidazole rings is 1. The molecule has 0 radical (unpaired) electrons. The first-order chi connectivity index (χ1) is 8.79. The number of ether oxygens (including phenoxy) is 2. The first-order valence-electron chi connectivity index (χ1n) is 5.85. The van der Waals surface area contributed by atoms with E-state index in [1.165, 1.54) is 0 Å². The largest absolute Gasteiger partial charge is 0.399 e. The predicted octanol–water partition coefficient (Wildman–Crippen LogP) is 1.22. The fourth-order valence-corrected chi connectivity index (χ4v) is 1.60. The van der Waals surface area contributed by atoms with Crippen molar-refractivity contribution >= 4 is 22.7 Å². The van der Waals surface area contributed by atoms with E-state index >= 15 is 0 Å². The highest BCUT2D eigenvalue weighted by Crippen LogP contribution is 2.16. The van der Waals surface area contributed by atoms with Crippen LogP contribution in [-0.2, 0) is 9.47 Å². The number of hydrogen-bond donors (Lipinski definition) is 3. The number of nitrogen functional groups attached to an aromatic ring is 1. The minimum absolute atomic E-state index is 0.606. The van der Waals surface area contributed by atoms with Crippen molar-refractivity contribution in [2.75, 3.05) is 44.5 Å². The molecule has 0 aliphatic carbocycles. The molecule has 0 atom stereocenters. The molecule has 0 aliphatic heterocycles. The van der Waals surface area contributed by atoms with Crippen LogP contribution in [0.1, 0.15) is 0 Å². The summed E-state index contributed by atoms with van der Waals surface area (Å²) in [6.45, 7) is 2.53. The normalized spacial score (nSPS) is 10.9. The molecular weight excluding hydrogens is 232 g/mol. The van der Waals surface area contributed by atoms with E-state index in [0.717, 1.165) is 22.7 Å². The van der Waals surface area contributed by atoms with Gasteiger partial charge in [-0.3, -0.25) is 0 Å². The fourth-order valence-electron chi connectivity index (χ4n) is 1.60. The van der Waals surface area contributed by atoms with Gasteiger partial charge >= 0.3 is 0 Å². The standard InChI is InChI=1S/C12H18N4O2/c1-17-6-7-18-5-4-14-12-15-10-3-2-9(13)8-11(10)16-12/h2-3,8H,4-7,13H2,1H3,(H2,14,15,16). The maximum Gasteiger partial charge on any atom is 0.201 e. The van der Waals surface area contributed by atoms with Gasteiger partial charge in [-0.15, -0.1) is 0 Å². The van der Waals surface area contributed by atoms with Crippen molar-refractivity contribution in [3.05, 3.63) is 18.2 Å². The van der Waals surface area contributed by atoms with Gasteiger partial charge < -0.3 is 25.5 Å². The summed E-state index contributed by atoms with van der Waals surface area (Å²) in [4.78, 5) is 7.54. The summed E-state index contributed by atoms with van der Waals surface area (Å²) < 4.78 is 10.2. The summed E-state index contributed by atoms with van der Waals surface area (Å²) in [7, 11) is 1.65. The Bertz CT molecular complexity index is 498. The number of benzene rings is 1. The number of fused-ring (bicyclic) bond motifs is 1. The van der Waals surface area contributed by atoms with Gasteiger partial charge in [-0.25, -0.2) is 4.98 Å². The van der Waals surface area contributed by atoms with Crippen LogP contribution in [0, 0.1) is 0 Å². The van der Waals surface area contributed by atoms with Gasteiger partial charge in [0.05, 0.1) is 30.9 Å². The Hall–Kier alpha value is -1.79. The van der Waals surface area contributed by atoms with Gasteiger partial charge in [-0.05, 0) is 18.2 Å². The molecule has 2 aromatic rings. The zero-order chi connectivity index (χ0) is 12.8. The van der Waals surface area contributed by atoms with Gasteiger partial charge in [-0.1, -0.05) is 0 Å². The SMILES string of the molecule is COCCOCCNc1nc2ccc(N)cc2[nH]1. The van der Waals surface area contributed by atoms with Crippen molar-refractivity contribution in [2.24, 2.45) is 0 Å². The summed E-state index contributed by atoms with van der Waals surface area (Å²) in [6, 6.07) is 5.59. The van der Waals surface area contributed by atoms with Gasteiger partial charge in [0.25, 0.3) is 0 Å². The molecule has 0 amide bonds. The van der Waals surface area contributed by atoms with E-state index in [1.54, 1.807) is 7.11 Å². The number of anilines is 2. The second kappa shape index (κ2) is 6.23. The lowest BCUT2D eigenvalue weighted by atomic mass is 10.3. The molecule has 0 spiro atoms. The lowest BCUT2D eigenvalue weighted by Crippen LogP contribution is -2.12. The van der Waals surface area contributed by atoms with E-state index in [2.05, 4.69) is 15.3 Å². The zero-order valence-electron chi connectivity index (χ0n) is 10.4. The van der Waals surface area contributed by atoms with E-state index in [1.807, 2.05) is 18.2 Å². The number of nitrogens with two attached hydrogens (primary N) is 1. The number of methoxy groups -OCH3 is 1. The third-order valence-corrected chi connectivity index (χ3v) is 2.48. The second-order valence-electron chi connectivity index (χ2n) is 3.89. The predicted molar refractivity (Wildman–Crippen MR) is 71.7 cm³/mol. The molecule has 2 rings (SSSR count). The molecule has 1 aromatic carbocycles. The Labute approximate surface area is 105 Å². The number of rotatable bonds is 7. The van der Waals surface area contributed by atoms with Crippen LogP contribution in [0.25, 0.3) is 11.0 Å². The Morgan fingerprint density at radius 2 is 2.22 bits per heavy atom. The van der Waals surface area contributed by atoms with Crippen LogP contribution in [0.3, 0.4) is 0 Å². The van der Waals surface area contributed by atoms with Crippen molar-refractivity contribution in [2.45, 2.75) is 0 Å². The molecule has 1 aromatic heterocycles. The molecule has 4 N–H and O–H groups in total. The Balaban J connectivity index is 1.81. The van der Waals surface area contributed by atoms with Crippen LogP contribution in [-0.4, -0.2) is 43.4 Å². The molecule has 6 nitrogen and oxygen atoms in total. The highest BCUT2D eigenvalue weighted by molar-refractivity contribution is 5.80. The lowest BCUT2D eigenvalue weighted by Gasteiger charge is -2.04. The molecule has 0 unspecified atom stereocenters. The molecule has 18 heavy (non-hydrogen) atoms. The van der Waals surface area contributed by atoms with Gasteiger partial charge in [0.1, 0.15) is 0 Å². The molecule has 98 valence electrons. The third kappa shape index (κ3) is 3.35. The van der Waals surface area contributed by atoms with Crippen molar-refractivity contribution in [3.63, 3.8) is 0 Å². The first-order valence-corrected chi connectivity index (χ1v) is 5.85. The van der Waals surface area contributed by atoms with E-state index in [-0.39, 0.29) is 0 Å². The molecule has 1 heterocycles. The summed E-state index contributed by atoms with van der Waals surface area (Å²) in [5.74, 6) is 0.728. The average molecular weight is 250 g/mol. The van der Waals surface area contributed by atoms with Gasteiger partial charge in [0.2, 0.25) is 5.95 Å². The van der Waals surface area contributed by atoms with Crippen molar-refractivity contribution in [1.82, 2.24) is 9.97 Å². The Kier molecular flexibility index (Phi) is 4.38. The monoisotopic (exact) mass is 250 g/mol. The maximum atomic E-state index is 5.70. The number of aromatic amines is 1. The smallest absolute Gasteiger partial charge is 0.201 e. The number of aromatic nitrogens is 2. The van der Waals surface area contributed by atoms with E-state index in [4.69, 9.17) is 15.2 Å². The average Bonchev–Trinajstić information content (AvgIpc) is 2.75. The van der Waals surface area contributed by atoms with Crippen LogP contribution in [0.5, 0.6) is 0 Å². The summed E-state index contributed by atoms with van der Waals surface area (Å²) in [5, 5.41) is 3.16. The van der Waals surface area contributed by atoms with E-state index in [9.17, 15) is 0 Å². The van der Waals surface area contributed by atoms with E-state index in [0.29, 0.717) is 26.4 Å². The molecule has 0 aliphatic rings. The molecule has 0 saturated carbocycles. The fraction of sp³-hybridized carbons (Fsp3) is 0.417. The second-order valence-corrected chi connectivity index (χ2v) is 3.89. The van der Waals surface area contributed by atoms with Crippen molar-refractivity contribution in [3.8, 4) is 0 Å². The highest BCUT2D eigenvalue weighted by atomic mass is 16.5. The zero-order valence-corrected chi connectivity index (χ0v) is 10.4.